The van der Waals surface area contributed by atoms with Crippen LogP contribution in [0.1, 0.15) is 26.0 Å². The molecule has 1 aromatic heterocycles. The predicted molar refractivity (Wildman–Crippen MR) is 59.9 cm³/mol. The summed E-state index contributed by atoms with van der Waals surface area (Å²) in [5.41, 5.74) is 0.897. The summed E-state index contributed by atoms with van der Waals surface area (Å²) in [6.07, 6.45) is 2.02. The van der Waals surface area contributed by atoms with Crippen LogP contribution in [0.4, 0.5) is 0 Å². The fourth-order valence-corrected chi connectivity index (χ4v) is 1.39. The molecule has 0 saturated heterocycles. The third kappa shape index (κ3) is 3.55. The van der Waals surface area contributed by atoms with Gasteiger partial charge in [-0.15, -0.1) is 0 Å². The van der Waals surface area contributed by atoms with E-state index in [-0.39, 0.29) is 11.9 Å². The highest BCUT2D eigenvalue weighted by molar-refractivity contribution is 6.31. The maximum absolute atomic E-state index is 11.4. The Balaban J connectivity index is 2.44. The molecule has 5 heteroatoms. The predicted octanol–water partition coefficient (Wildman–Crippen LogP) is 1.76. The zero-order valence-electron chi connectivity index (χ0n) is 9.25. The molecule has 0 aromatic carbocycles. The first-order valence-electron chi connectivity index (χ1n) is 4.98. The van der Waals surface area contributed by atoms with E-state index in [1.807, 2.05) is 20.8 Å². The molecule has 0 atom stereocenters. The van der Waals surface area contributed by atoms with Gasteiger partial charge in [-0.3, -0.25) is 9.48 Å². The monoisotopic (exact) mass is 229 g/mol. The van der Waals surface area contributed by atoms with E-state index in [1.54, 1.807) is 10.9 Å². The molecule has 0 spiro atoms. The van der Waals surface area contributed by atoms with Gasteiger partial charge in [0.1, 0.15) is 0 Å². The van der Waals surface area contributed by atoms with Gasteiger partial charge in [0.15, 0.2) is 0 Å². The summed E-state index contributed by atoms with van der Waals surface area (Å²) in [6.45, 7) is 6.33. The van der Waals surface area contributed by atoms with Crippen LogP contribution in [0.3, 0.4) is 0 Å². The second-order valence-electron chi connectivity index (χ2n) is 3.77. The van der Waals surface area contributed by atoms with Crippen molar-refractivity contribution in [1.82, 2.24) is 15.1 Å². The van der Waals surface area contributed by atoms with Crippen LogP contribution in [0.5, 0.6) is 0 Å². The van der Waals surface area contributed by atoms with E-state index in [4.69, 9.17) is 11.6 Å². The summed E-state index contributed by atoms with van der Waals surface area (Å²) in [4.78, 5) is 11.4. The van der Waals surface area contributed by atoms with E-state index >= 15 is 0 Å². The first kappa shape index (κ1) is 12.0. The van der Waals surface area contributed by atoms with Gasteiger partial charge < -0.3 is 5.32 Å². The van der Waals surface area contributed by atoms with E-state index in [9.17, 15) is 4.79 Å². The summed E-state index contributed by atoms with van der Waals surface area (Å²) in [7, 11) is 0. The fourth-order valence-electron chi connectivity index (χ4n) is 1.25. The third-order valence-electron chi connectivity index (χ3n) is 2.04. The van der Waals surface area contributed by atoms with Crippen molar-refractivity contribution >= 4 is 17.5 Å². The maximum Gasteiger partial charge on any atom is 0.222 e. The lowest BCUT2D eigenvalue weighted by Crippen LogP contribution is -2.30. The zero-order chi connectivity index (χ0) is 11.4. The summed E-state index contributed by atoms with van der Waals surface area (Å²) in [5.74, 6) is 0.0380. The molecular weight excluding hydrogens is 214 g/mol. The topological polar surface area (TPSA) is 46.9 Å². The highest BCUT2D eigenvalue weighted by Gasteiger charge is 2.07. The van der Waals surface area contributed by atoms with Crippen molar-refractivity contribution in [2.24, 2.45) is 0 Å². The summed E-state index contributed by atoms with van der Waals surface area (Å²) >= 11 is 5.85. The van der Waals surface area contributed by atoms with E-state index < -0.39 is 0 Å². The Hall–Kier alpha value is -1.03. The third-order valence-corrected chi connectivity index (χ3v) is 2.41. The average Bonchev–Trinajstić information content (AvgIpc) is 2.44. The maximum atomic E-state index is 11.4. The van der Waals surface area contributed by atoms with Crippen LogP contribution in [0, 0.1) is 6.92 Å². The number of aryl methyl sites for hydroxylation is 1. The first-order chi connectivity index (χ1) is 7.00. The molecule has 1 amide bonds. The van der Waals surface area contributed by atoms with Crippen LogP contribution in [0.15, 0.2) is 6.20 Å². The van der Waals surface area contributed by atoms with Crippen molar-refractivity contribution in [3.63, 3.8) is 0 Å². The van der Waals surface area contributed by atoms with Gasteiger partial charge in [0.25, 0.3) is 0 Å². The molecule has 1 heterocycles. The largest absolute Gasteiger partial charge is 0.354 e. The molecule has 0 aliphatic carbocycles. The highest BCUT2D eigenvalue weighted by Crippen LogP contribution is 2.13. The number of nitrogens with one attached hydrogen (secondary N) is 1. The van der Waals surface area contributed by atoms with Crippen LogP contribution >= 0.6 is 11.6 Å². The molecular formula is C10H16ClN3O. The van der Waals surface area contributed by atoms with Crippen LogP contribution in [0.2, 0.25) is 5.02 Å². The lowest BCUT2D eigenvalue weighted by molar-refractivity contribution is -0.121. The number of aromatic nitrogens is 2. The minimum absolute atomic E-state index is 0.0380. The first-order valence-corrected chi connectivity index (χ1v) is 5.35. The van der Waals surface area contributed by atoms with Crippen molar-refractivity contribution in [1.29, 1.82) is 0 Å². The van der Waals surface area contributed by atoms with Crippen LogP contribution in [-0.2, 0) is 11.3 Å². The lowest BCUT2D eigenvalue weighted by Gasteiger charge is -2.08. The number of carbonyl (C=O) groups is 1. The second kappa shape index (κ2) is 5.16. The molecule has 1 N–H and O–H groups in total. The van der Waals surface area contributed by atoms with Crippen molar-refractivity contribution in [2.75, 3.05) is 0 Å². The number of nitrogens with zero attached hydrogens (tertiary/aromatic N) is 2. The lowest BCUT2D eigenvalue weighted by atomic mass is 10.3. The van der Waals surface area contributed by atoms with Gasteiger partial charge in [-0.1, -0.05) is 11.6 Å². The number of halogens is 1. The summed E-state index contributed by atoms with van der Waals surface area (Å²) in [6, 6.07) is 0.180. The Bertz CT molecular complexity index is 346. The second-order valence-corrected chi connectivity index (χ2v) is 4.18. The van der Waals surface area contributed by atoms with E-state index in [0.29, 0.717) is 18.0 Å². The standard InChI is InChI=1S/C10H16ClN3O/c1-7(2)13-10(15)4-5-14-8(3)9(11)6-12-14/h6-7H,4-5H2,1-3H3,(H,13,15). The molecule has 0 aliphatic rings. The summed E-state index contributed by atoms with van der Waals surface area (Å²) < 4.78 is 1.74. The molecule has 0 bridgehead atoms. The SMILES string of the molecule is Cc1c(Cl)cnn1CCC(=O)NC(C)C. The molecule has 0 aliphatic heterocycles. The quantitative estimate of drug-likeness (QED) is 0.855. The zero-order valence-corrected chi connectivity index (χ0v) is 10.0. The van der Waals surface area contributed by atoms with E-state index in [1.165, 1.54) is 0 Å². The normalized spacial score (nSPS) is 10.7. The van der Waals surface area contributed by atoms with Gasteiger partial charge in [0.2, 0.25) is 5.91 Å². The molecule has 1 aromatic rings. The Morgan fingerprint density at radius 2 is 2.33 bits per heavy atom. The average molecular weight is 230 g/mol. The number of hydrogen-bond donors (Lipinski definition) is 1. The van der Waals surface area contributed by atoms with Crippen molar-refractivity contribution in [2.45, 2.75) is 39.8 Å². The highest BCUT2D eigenvalue weighted by atomic mass is 35.5. The summed E-state index contributed by atoms with van der Waals surface area (Å²) in [5, 5.41) is 7.54. The van der Waals surface area contributed by atoms with Crippen molar-refractivity contribution < 1.29 is 4.79 Å². The Morgan fingerprint density at radius 3 is 2.80 bits per heavy atom. The molecule has 4 nitrogen and oxygen atoms in total. The molecule has 0 unspecified atom stereocenters. The van der Waals surface area contributed by atoms with Gasteiger partial charge in [-0.2, -0.15) is 5.10 Å². The smallest absolute Gasteiger partial charge is 0.222 e. The molecule has 15 heavy (non-hydrogen) atoms. The molecule has 1 rings (SSSR count). The number of amides is 1. The molecule has 0 radical (unpaired) electrons. The minimum Gasteiger partial charge on any atom is -0.354 e. The van der Waals surface area contributed by atoms with Crippen LogP contribution in [-0.4, -0.2) is 21.7 Å². The van der Waals surface area contributed by atoms with Crippen LogP contribution in [0.25, 0.3) is 0 Å². The van der Waals surface area contributed by atoms with Crippen molar-refractivity contribution in [3.8, 4) is 0 Å². The molecule has 0 saturated carbocycles. The Morgan fingerprint density at radius 1 is 1.67 bits per heavy atom. The number of carbonyl (C=O) groups excluding carboxylic acids is 1. The van der Waals surface area contributed by atoms with Gasteiger partial charge in [0, 0.05) is 12.5 Å². The van der Waals surface area contributed by atoms with E-state index in [2.05, 4.69) is 10.4 Å². The molecule has 84 valence electrons. The number of hydrogen-bond acceptors (Lipinski definition) is 2. The minimum atomic E-state index is 0.0380. The Kier molecular flexibility index (Phi) is 4.15. The molecule has 0 fully saturated rings. The Labute approximate surface area is 94.6 Å². The number of rotatable bonds is 4. The fraction of sp³-hybridized carbons (Fsp3) is 0.600. The van der Waals surface area contributed by atoms with Crippen LogP contribution < -0.4 is 5.32 Å². The van der Waals surface area contributed by atoms with Gasteiger partial charge in [-0.25, -0.2) is 0 Å². The van der Waals surface area contributed by atoms with Gasteiger partial charge in [0.05, 0.1) is 23.5 Å². The van der Waals surface area contributed by atoms with Crippen molar-refractivity contribution in [3.05, 3.63) is 16.9 Å². The van der Waals surface area contributed by atoms with Gasteiger partial charge >= 0.3 is 0 Å². The van der Waals surface area contributed by atoms with E-state index in [0.717, 1.165) is 5.69 Å². The van der Waals surface area contributed by atoms with Gasteiger partial charge in [-0.05, 0) is 20.8 Å².